The van der Waals surface area contributed by atoms with Gasteiger partial charge >= 0.3 is 0 Å². The van der Waals surface area contributed by atoms with Crippen molar-refractivity contribution in [3.05, 3.63) is 36.1 Å². The smallest absolute Gasteiger partial charge is 0.283 e. The van der Waals surface area contributed by atoms with Gasteiger partial charge in [0.25, 0.3) is 5.92 Å². The number of aromatic amines is 1. The van der Waals surface area contributed by atoms with E-state index in [1.54, 1.807) is 31.3 Å². The lowest BCUT2D eigenvalue weighted by Gasteiger charge is -2.13. The number of methoxy groups -OCH3 is 1. The molecule has 3 aromatic heterocycles. The SMILES string of the molecule is [2H]c1cc(-c2ccc3nnn(CCF)c3c2)c2c(OC)nc(=NC3CN(C)CC3(F)F)[nH]n12. The van der Waals surface area contributed by atoms with Crippen molar-refractivity contribution < 1.29 is 19.3 Å². The van der Waals surface area contributed by atoms with Gasteiger partial charge in [0, 0.05) is 18.3 Å². The summed E-state index contributed by atoms with van der Waals surface area (Å²) < 4.78 is 58.1. The number of likely N-dealkylation sites (N-methyl/N-ethyl adjacent to an activating group) is 1. The van der Waals surface area contributed by atoms with Crippen LogP contribution in [0.2, 0.25) is 0 Å². The number of aryl methyl sites for hydroxylation is 1. The molecule has 1 N–H and O–H groups in total. The van der Waals surface area contributed by atoms with E-state index in [2.05, 4.69) is 25.4 Å². The molecule has 1 saturated heterocycles. The maximum Gasteiger partial charge on any atom is 0.283 e. The standard InChI is InChI=1S/C20H21F3N8O/c1-29-10-16(20(22,23)11-29)24-19-25-18(32-2)17-13(5-7-31(17)27-19)12-3-4-14-15(9-12)30(8-6-21)28-26-14/h3-5,7,9,16H,6,8,10-11H2,1-2H3,(H,24,27)/i7D. The molecule has 0 bridgehead atoms. The van der Waals surface area contributed by atoms with Gasteiger partial charge in [-0.05, 0) is 30.8 Å². The Balaban J connectivity index is 1.66. The number of rotatable bonds is 5. The molecule has 1 aromatic carbocycles. The van der Waals surface area contributed by atoms with E-state index in [1.807, 2.05) is 0 Å². The third-order valence-electron chi connectivity index (χ3n) is 5.48. The zero-order valence-electron chi connectivity index (χ0n) is 18.4. The van der Waals surface area contributed by atoms with Crippen LogP contribution < -0.4 is 10.4 Å². The van der Waals surface area contributed by atoms with Crippen molar-refractivity contribution in [2.45, 2.75) is 18.5 Å². The summed E-state index contributed by atoms with van der Waals surface area (Å²) in [6.45, 7) is -0.795. The first kappa shape index (κ1) is 19.3. The van der Waals surface area contributed by atoms with Gasteiger partial charge in [-0.25, -0.2) is 22.8 Å². The molecule has 4 heterocycles. The van der Waals surface area contributed by atoms with E-state index >= 15 is 0 Å². The van der Waals surface area contributed by atoms with Gasteiger partial charge in [0.2, 0.25) is 11.5 Å². The Morgan fingerprint density at radius 3 is 2.94 bits per heavy atom. The predicted molar refractivity (Wildman–Crippen MR) is 110 cm³/mol. The van der Waals surface area contributed by atoms with E-state index in [1.165, 1.54) is 21.2 Å². The van der Waals surface area contributed by atoms with Gasteiger partial charge in [-0.1, -0.05) is 11.3 Å². The summed E-state index contributed by atoms with van der Waals surface area (Å²) in [7, 11) is 3.02. The van der Waals surface area contributed by atoms with Crippen molar-refractivity contribution in [2.75, 3.05) is 33.9 Å². The normalized spacial score (nSPS) is 19.8. The van der Waals surface area contributed by atoms with Crippen LogP contribution in [0.4, 0.5) is 13.2 Å². The lowest BCUT2D eigenvalue weighted by molar-refractivity contribution is 0.000408. The summed E-state index contributed by atoms with van der Waals surface area (Å²) in [6, 6.07) is 5.70. The zero-order chi connectivity index (χ0) is 23.3. The number of fused-ring (bicyclic) bond motifs is 2. The molecule has 1 fully saturated rings. The van der Waals surface area contributed by atoms with E-state index in [0.29, 0.717) is 27.7 Å². The third-order valence-corrected chi connectivity index (χ3v) is 5.48. The lowest BCUT2D eigenvalue weighted by atomic mass is 10.1. The number of aromatic nitrogens is 6. The number of hydrogen-bond acceptors (Lipinski definition) is 6. The Bertz CT molecular complexity index is 1410. The second-order valence-corrected chi connectivity index (χ2v) is 7.74. The van der Waals surface area contributed by atoms with Crippen molar-refractivity contribution in [3.8, 4) is 17.0 Å². The van der Waals surface area contributed by atoms with E-state index in [9.17, 15) is 13.2 Å². The fourth-order valence-corrected chi connectivity index (χ4v) is 4.00. The van der Waals surface area contributed by atoms with E-state index in [-0.39, 0.29) is 37.3 Å². The molecule has 168 valence electrons. The summed E-state index contributed by atoms with van der Waals surface area (Å²) in [4.78, 5) is 9.91. The van der Waals surface area contributed by atoms with Crippen LogP contribution in [0.5, 0.6) is 5.88 Å². The minimum absolute atomic E-state index is 0.0583. The number of benzene rings is 1. The number of nitrogens with one attached hydrogen (secondary N) is 1. The number of H-pyrrole nitrogens is 1. The van der Waals surface area contributed by atoms with Crippen molar-refractivity contribution in [2.24, 2.45) is 4.99 Å². The summed E-state index contributed by atoms with van der Waals surface area (Å²) in [5.41, 5.74) is 2.97. The summed E-state index contributed by atoms with van der Waals surface area (Å²) in [5, 5.41) is 10.8. The third kappa shape index (κ3) is 3.40. The molecule has 32 heavy (non-hydrogen) atoms. The van der Waals surface area contributed by atoms with Crippen LogP contribution in [0.25, 0.3) is 27.7 Å². The van der Waals surface area contributed by atoms with Crippen molar-refractivity contribution in [3.63, 3.8) is 0 Å². The molecule has 12 heteroatoms. The Labute approximate surface area is 181 Å². The number of hydrogen-bond donors (Lipinski definition) is 1. The number of ether oxygens (including phenoxy) is 1. The molecule has 0 saturated carbocycles. The van der Waals surface area contributed by atoms with E-state index < -0.39 is 18.6 Å². The highest BCUT2D eigenvalue weighted by Crippen LogP contribution is 2.32. The first-order valence-electron chi connectivity index (χ1n) is 10.5. The summed E-state index contributed by atoms with van der Waals surface area (Å²) in [6.07, 6.45) is 0.0583. The minimum atomic E-state index is -2.98. The van der Waals surface area contributed by atoms with Crippen LogP contribution in [-0.2, 0) is 6.54 Å². The van der Waals surface area contributed by atoms with Gasteiger partial charge in [-0.2, -0.15) is 4.98 Å². The number of alkyl halides is 3. The second kappa shape index (κ2) is 7.62. The molecular formula is C20H21F3N8O. The first-order chi connectivity index (χ1) is 15.8. The Hall–Kier alpha value is -3.41. The summed E-state index contributed by atoms with van der Waals surface area (Å²) >= 11 is 0. The van der Waals surface area contributed by atoms with Gasteiger partial charge < -0.3 is 4.74 Å². The van der Waals surface area contributed by atoms with Gasteiger partial charge in [-0.15, -0.1) is 5.10 Å². The van der Waals surface area contributed by atoms with Crippen molar-refractivity contribution >= 4 is 16.6 Å². The Morgan fingerprint density at radius 2 is 2.22 bits per heavy atom. The van der Waals surface area contributed by atoms with Crippen LogP contribution in [0.3, 0.4) is 0 Å². The molecule has 9 nitrogen and oxygen atoms in total. The van der Waals surface area contributed by atoms with Gasteiger partial charge in [-0.3, -0.25) is 14.5 Å². The number of nitrogens with zero attached hydrogens (tertiary/aromatic N) is 7. The van der Waals surface area contributed by atoms with Crippen LogP contribution in [0.1, 0.15) is 1.37 Å². The van der Waals surface area contributed by atoms with Gasteiger partial charge in [0.05, 0.1) is 27.1 Å². The minimum Gasteiger partial charge on any atom is -0.479 e. The fourth-order valence-electron chi connectivity index (χ4n) is 4.00. The molecule has 4 aromatic rings. The molecule has 0 radical (unpaired) electrons. The zero-order valence-corrected chi connectivity index (χ0v) is 17.4. The molecule has 5 rings (SSSR count). The highest BCUT2D eigenvalue weighted by molar-refractivity contribution is 5.89. The Morgan fingerprint density at radius 1 is 1.38 bits per heavy atom. The molecule has 1 atom stereocenters. The molecule has 0 aliphatic carbocycles. The maximum atomic E-state index is 14.2. The molecular weight excluding hydrogens is 425 g/mol. The quantitative estimate of drug-likeness (QED) is 0.505. The average Bonchev–Trinajstić information content (AvgIpc) is 3.41. The highest BCUT2D eigenvalue weighted by Gasteiger charge is 2.47. The molecule has 0 spiro atoms. The van der Waals surface area contributed by atoms with Crippen LogP contribution in [0, 0.1) is 0 Å². The van der Waals surface area contributed by atoms with Crippen molar-refractivity contribution in [1.82, 2.24) is 34.5 Å². The lowest BCUT2D eigenvalue weighted by Crippen LogP contribution is -2.33. The number of halogens is 3. The van der Waals surface area contributed by atoms with Gasteiger partial charge in [0.1, 0.15) is 23.7 Å². The molecule has 1 unspecified atom stereocenters. The highest BCUT2D eigenvalue weighted by atomic mass is 19.3. The molecule has 0 amide bonds. The monoisotopic (exact) mass is 447 g/mol. The van der Waals surface area contributed by atoms with E-state index in [0.717, 1.165) is 0 Å². The topological polar surface area (TPSA) is 88.6 Å². The Kier molecular flexibility index (Phi) is 4.59. The largest absolute Gasteiger partial charge is 0.479 e. The van der Waals surface area contributed by atoms with Crippen LogP contribution >= 0.6 is 0 Å². The van der Waals surface area contributed by atoms with Crippen molar-refractivity contribution in [1.29, 1.82) is 0 Å². The van der Waals surface area contributed by atoms with E-state index in [4.69, 9.17) is 6.11 Å². The molecule has 1 aliphatic rings. The molecule has 1 aliphatic heterocycles. The predicted octanol–water partition coefficient (Wildman–Crippen LogP) is 1.90. The van der Waals surface area contributed by atoms with Gasteiger partial charge in [0.15, 0.2) is 0 Å². The van der Waals surface area contributed by atoms with Crippen LogP contribution in [-0.4, -0.2) is 80.4 Å². The summed E-state index contributed by atoms with van der Waals surface area (Å²) in [5.74, 6) is -2.85. The second-order valence-electron chi connectivity index (χ2n) is 7.74. The fraction of sp³-hybridized carbons (Fsp3) is 0.400. The average molecular weight is 447 g/mol. The van der Waals surface area contributed by atoms with Crippen LogP contribution in [0.15, 0.2) is 35.4 Å². The number of likely N-dealkylation sites (tertiary alicyclic amines) is 1. The first-order valence-corrected chi connectivity index (χ1v) is 9.97. The maximum absolute atomic E-state index is 14.2.